The minimum absolute atomic E-state index is 0.338. The zero-order valence-corrected chi connectivity index (χ0v) is 22.9. The third-order valence-corrected chi connectivity index (χ3v) is 7.98. The molecule has 0 radical (unpaired) electrons. The van der Waals surface area contributed by atoms with E-state index in [1.165, 1.54) is 30.3 Å². The molecule has 0 saturated carbocycles. The largest absolute Gasteiger partial charge is 0.480 e. The van der Waals surface area contributed by atoms with Gasteiger partial charge in [-0.1, -0.05) is 6.07 Å². The summed E-state index contributed by atoms with van der Waals surface area (Å²) in [4.78, 5) is 28.4. The van der Waals surface area contributed by atoms with Gasteiger partial charge in [0.05, 0.1) is 11.5 Å². The van der Waals surface area contributed by atoms with E-state index in [4.69, 9.17) is 9.72 Å². The second kappa shape index (κ2) is 13.8. The van der Waals surface area contributed by atoms with Gasteiger partial charge >= 0.3 is 5.97 Å². The second-order valence-electron chi connectivity index (χ2n) is 9.76. The van der Waals surface area contributed by atoms with Gasteiger partial charge in [0.25, 0.3) is 0 Å². The molecule has 11 heteroatoms. The molecule has 0 aromatic carbocycles. The number of methoxy groups -OCH3 is 1. The molecule has 0 amide bonds. The van der Waals surface area contributed by atoms with Crippen molar-refractivity contribution in [3.05, 3.63) is 40.7 Å². The van der Waals surface area contributed by atoms with Gasteiger partial charge in [0.2, 0.25) is 0 Å². The van der Waals surface area contributed by atoms with Crippen molar-refractivity contribution in [3.8, 4) is 0 Å². The summed E-state index contributed by atoms with van der Waals surface area (Å²) >= 11 is 1.51. The molecule has 1 aliphatic rings. The topological polar surface area (TPSA) is 113 Å². The van der Waals surface area contributed by atoms with Crippen LogP contribution < -0.4 is 10.6 Å². The highest BCUT2D eigenvalue weighted by molar-refractivity contribution is 7.17. The molecular weight excluding hydrogens is 507 g/mol. The van der Waals surface area contributed by atoms with Crippen LogP contribution in [0.1, 0.15) is 42.5 Å². The summed E-state index contributed by atoms with van der Waals surface area (Å²) in [6.45, 7) is 3.95. The Bertz CT molecular complexity index is 1200. The summed E-state index contributed by atoms with van der Waals surface area (Å²) in [5, 5.41) is 19.2. The molecule has 1 aliphatic heterocycles. The third-order valence-electron chi connectivity index (χ3n) is 6.97. The number of aryl methyl sites for hydroxylation is 3. The Balaban J connectivity index is 1.34. The Morgan fingerprint density at radius 3 is 2.97 bits per heavy atom. The number of hydrogen-bond donors (Lipinski definition) is 3. The van der Waals surface area contributed by atoms with Crippen LogP contribution >= 0.6 is 11.3 Å². The molecule has 0 aliphatic carbocycles. The highest BCUT2D eigenvalue weighted by atomic mass is 32.1. The number of aromatic nitrogens is 3. The van der Waals surface area contributed by atoms with Crippen LogP contribution in [-0.4, -0.2) is 83.0 Å². The van der Waals surface area contributed by atoms with Crippen molar-refractivity contribution >= 4 is 39.2 Å². The normalized spacial score (nSPS) is 14.7. The highest BCUT2D eigenvalue weighted by Crippen LogP contribution is 2.29. The van der Waals surface area contributed by atoms with E-state index in [2.05, 4.69) is 37.6 Å². The van der Waals surface area contributed by atoms with Gasteiger partial charge in [0.15, 0.2) is 0 Å². The number of pyridine rings is 1. The lowest BCUT2D eigenvalue weighted by atomic mass is 10.1. The van der Waals surface area contributed by atoms with E-state index < -0.39 is 24.8 Å². The van der Waals surface area contributed by atoms with Crippen LogP contribution in [0.15, 0.2) is 23.8 Å². The average molecular weight is 545 g/mol. The number of anilines is 2. The second-order valence-corrected chi connectivity index (χ2v) is 10.6. The quantitative estimate of drug-likeness (QED) is 0.241. The third kappa shape index (κ3) is 7.36. The summed E-state index contributed by atoms with van der Waals surface area (Å²) in [5.74, 6) is 0.579. The molecule has 38 heavy (non-hydrogen) atoms. The fraction of sp³-hybridized carbons (Fsp3) is 0.556. The van der Waals surface area contributed by atoms with Crippen LogP contribution in [0.5, 0.6) is 0 Å². The number of rotatable bonds is 15. The first-order chi connectivity index (χ1) is 18.5. The van der Waals surface area contributed by atoms with E-state index >= 15 is 0 Å². The SMILES string of the molecule is COC(CF)CN(CCCCc1ccc2c(n1)NCCC2)CCC(Nc1ncnc2scc(C)c12)C(=O)O. The van der Waals surface area contributed by atoms with Crippen molar-refractivity contribution in [2.24, 2.45) is 0 Å². The Kier molecular flexibility index (Phi) is 10.2. The van der Waals surface area contributed by atoms with Gasteiger partial charge in [-0.25, -0.2) is 24.1 Å². The lowest BCUT2D eigenvalue weighted by Crippen LogP contribution is -2.39. The average Bonchev–Trinajstić information content (AvgIpc) is 3.32. The van der Waals surface area contributed by atoms with Crippen LogP contribution in [0, 0.1) is 6.92 Å². The summed E-state index contributed by atoms with van der Waals surface area (Å²) in [6.07, 6.45) is 6.14. The molecule has 0 bridgehead atoms. The Morgan fingerprint density at radius 1 is 1.32 bits per heavy atom. The molecule has 4 heterocycles. The van der Waals surface area contributed by atoms with Crippen molar-refractivity contribution in [1.82, 2.24) is 19.9 Å². The number of ether oxygens (including phenoxy) is 1. The van der Waals surface area contributed by atoms with Crippen molar-refractivity contribution in [1.29, 1.82) is 0 Å². The molecule has 206 valence electrons. The Labute approximate surface area is 226 Å². The van der Waals surface area contributed by atoms with Crippen LogP contribution in [0.4, 0.5) is 16.0 Å². The number of carbonyl (C=O) groups is 1. The summed E-state index contributed by atoms with van der Waals surface area (Å²) in [7, 11) is 1.50. The number of thiophene rings is 1. The van der Waals surface area contributed by atoms with E-state index in [0.29, 0.717) is 25.3 Å². The van der Waals surface area contributed by atoms with Crippen molar-refractivity contribution in [3.63, 3.8) is 0 Å². The molecule has 3 aromatic rings. The lowest BCUT2D eigenvalue weighted by molar-refractivity contribution is -0.138. The number of nitrogens with one attached hydrogen (secondary N) is 2. The monoisotopic (exact) mass is 544 g/mol. The number of hydrogen-bond acceptors (Lipinski definition) is 9. The lowest BCUT2D eigenvalue weighted by Gasteiger charge is -2.27. The van der Waals surface area contributed by atoms with Gasteiger partial charge in [-0.05, 0) is 74.6 Å². The van der Waals surface area contributed by atoms with Crippen molar-refractivity contribution < 1.29 is 19.0 Å². The molecule has 2 atom stereocenters. The molecule has 0 spiro atoms. The highest BCUT2D eigenvalue weighted by Gasteiger charge is 2.22. The molecule has 9 nitrogen and oxygen atoms in total. The van der Waals surface area contributed by atoms with Crippen LogP contribution in [0.2, 0.25) is 0 Å². The fourth-order valence-electron chi connectivity index (χ4n) is 4.78. The first-order valence-electron chi connectivity index (χ1n) is 13.2. The van der Waals surface area contributed by atoms with Crippen LogP contribution in [0.25, 0.3) is 10.2 Å². The minimum atomic E-state index is -0.953. The van der Waals surface area contributed by atoms with Crippen LogP contribution in [0.3, 0.4) is 0 Å². The van der Waals surface area contributed by atoms with Crippen LogP contribution in [-0.2, 0) is 22.4 Å². The predicted octanol–water partition coefficient (Wildman–Crippen LogP) is 4.32. The molecule has 3 aromatic heterocycles. The number of fused-ring (bicyclic) bond motifs is 2. The summed E-state index contributed by atoms with van der Waals surface area (Å²) in [5.41, 5.74) is 3.36. The first-order valence-corrected chi connectivity index (χ1v) is 14.1. The maximum Gasteiger partial charge on any atom is 0.326 e. The van der Waals surface area contributed by atoms with Gasteiger partial charge in [0, 0.05) is 32.4 Å². The summed E-state index contributed by atoms with van der Waals surface area (Å²) < 4.78 is 18.7. The molecular formula is C27H37FN6O3S. The van der Waals surface area contributed by atoms with E-state index in [-0.39, 0.29) is 0 Å². The maximum atomic E-state index is 13.5. The minimum Gasteiger partial charge on any atom is -0.480 e. The van der Waals surface area contributed by atoms with E-state index in [1.807, 2.05) is 12.3 Å². The zero-order chi connectivity index (χ0) is 26.9. The van der Waals surface area contributed by atoms with Gasteiger partial charge in [-0.2, -0.15) is 0 Å². The smallest absolute Gasteiger partial charge is 0.326 e. The Morgan fingerprint density at radius 2 is 2.18 bits per heavy atom. The maximum absolute atomic E-state index is 13.5. The van der Waals surface area contributed by atoms with Gasteiger partial charge in [-0.15, -0.1) is 11.3 Å². The number of nitrogens with zero attached hydrogens (tertiary/aromatic N) is 4. The van der Waals surface area contributed by atoms with E-state index in [9.17, 15) is 14.3 Å². The number of unbranched alkanes of at least 4 members (excludes halogenated alkanes) is 1. The number of halogens is 1. The van der Waals surface area contributed by atoms with Crippen molar-refractivity contribution in [2.75, 3.05) is 50.6 Å². The number of aliphatic carboxylic acids is 1. The Hall–Kier alpha value is -2.89. The molecule has 2 unspecified atom stereocenters. The van der Waals surface area contributed by atoms with Gasteiger partial charge in [0.1, 0.15) is 35.5 Å². The predicted molar refractivity (Wildman–Crippen MR) is 149 cm³/mol. The van der Waals surface area contributed by atoms with E-state index in [1.54, 1.807) is 0 Å². The zero-order valence-electron chi connectivity index (χ0n) is 22.1. The summed E-state index contributed by atoms with van der Waals surface area (Å²) in [6, 6.07) is 3.44. The molecule has 0 fully saturated rings. The van der Waals surface area contributed by atoms with Gasteiger partial charge < -0.3 is 25.4 Å². The number of alkyl halides is 1. The molecule has 3 N–H and O–H groups in total. The van der Waals surface area contributed by atoms with Gasteiger partial charge in [-0.3, -0.25) is 0 Å². The van der Waals surface area contributed by atoms with Crippen molar-refractivity contribution in [2.45, 2.75) is 57.6 Å². The number of carboxylic acids is 1. The fourth-order valence-corrected chi connectivity index (χ4v) is 5.67. The molecule has 0 saturated heterocycles. The first kappa shape index (κ1) is 28.1. The standard InChI is InChI=1S/C27H37FN6O3S/c1-18-16-38-26-23(18)25(30-17-31-26)33-22(27(35)36)10-13-34(15-21(14-28)37-2)12-4-3-7-20-9-8-19-6-5-11-29-24(19)32-20/h8-9,16-17,21-22H,3-7,10-15H2,1-2H3,(H,29,32)(H,35,36)(H,30,31,33). The number of carboxylic acid groups (broad SMARTS) is 1. The van der Waals surface area contributed by atoms with E-state index in [0.717, 1.165) is 72.5 Å². The molecule has 4 rings (SSSR count).